The lowest BCUT2D eigenvalue weighted by molar-refractivity contribution is 0.357. The molecular formula is C13H26N6. The first kappa shape index (κ1) is 15.5. The summed E-state index contributed by atoms with van der Waals surface area (Å²) in [7, 11) is 4.04. The van der Waals surface area contributed by atoms with Gasteiger partial charge in [0.15, 0.2) is 5.96 Å². The Balaban J connectivity index is 2.44. The smallest absolute Gasteiger partial charge is 0.191 e. The molecule has 6 nitrogen and oxygen atoms in total. The first-order valence-corrected chi connectivity index (χ1v) is 6.85. The van der Waals surface area contributed by atoms with Crippen LogP contribution in [-0.2, 0) is 13.6 Å². The van der Waals surface area contributed by atoms with Gasteiger partial charge in [-0.05, 0) is 26.6 Å². The Kier molecular flexibility index (Phi) is 6.95. The van der Waals surface area contributed by atoms with Crippen LogP contribution in [0.2, 0.25) is 0 Å². The highest BCUT2D eigenvalue weighted by molar-refractivity contribution is 5.79. The van der Waals surface area contributed by atoms with E-state index >= 15 is 0 Å². The third-order valence-electron chi connectivity index (χ3n) is 2.99. The third-order valence-corrected chi connectivity index (χ3v) is 2.99. The fraction of sp³-hybridized carbons (Fsp3) is 0.692. The molecule has 0 amide bonds. The van der Waals surface area contributed by atoms with Crippen LogP contribution < -0.4 is 10.6 Å². The molecule has 0 aliphatic carbocycles. The summed E-state index contributed by atoms with van der Waals surface area (Å²) in [6.07, 6.45) is 1.79. The van der Waals surface area contributed by atoms with Gasteiger partial charge in [-0.15, -0.1) is 0 Å². The zero-order valence-corrected chi connectivity index (χ0v) is 12.5. The van der Waals surface area contributed by atoms with Gasteiger partial charge >= 0.3 is 0 Å². The largest absolute Gasteiger partial charge is 0.357 e. The summed E-state index contributed by atoms with van der Waals surface area (Å²) in [5, 5.41) is 10.7. The van der Waals surface area contributed by atoms with Crippen molar-refractivity contribution in [2.24, 2.45) is 12.0 Å². The number of aliphatic imine (C=N–C) groups is 1. The average Bonchev–Trinajstić information content (AvgIpc) is 2.81. The molecule has 1 aromatic rings. The van der Waals surface area contributed by atoms with Crippen molar-refractivity contribution >= 4 is 5.96 Å². The predicted molar refractivity (Wildman–Crippen MR) is 79.2 cm³/mol. The molecule has 108 valence electrons. The van der Waals surface area contributed by atoms with E-state index in [1.807, 2.05) is 17.8 Å². The maximum Gasteiger partial charge on any atom is 0.191 e. The Bertz CT molecular complexity index is 384. The molecule has 0 radical (unpaired) electrons. The normalized spacial score (nSPS) is 11.9. The van der Waals surface area contributed by atoms with E-state index < -0.39 is 0 Å². The lowest BCUT2D eigenvalue weighted by Gasteiger charge is -2.16. The van der Waals surface area contributed by atoms with Crippen LogP contribution >= 0.6 is 0 Å². The molecule has 0 unspecified atom stereocenters. The molecule has 0 saturated heterocycles. The number of hydrogen-bond acceptors (Lipinski definition) is 3. The molecule has 0 aromatic carbocycles. The third kappa shape index (κ3) is 5.74. The van der Waals surface area contributed by atoms with Crippen LogP contribution in [0.25, 0.3) is 0 Å². The van der Waals surface area contributed by atoms with Crippen LogP contribution in [0.1, 0.15) is 19.5 Å². The van der Waals surface area contributed by atoms with Crippen molar-refractivity contribution in [3.63, 3.8) is 0 Å². The number of likely N-dealkylation sites (N-methyl/N-ethyl adjacent to an activating group) is 1. The van der Waals surface area contributed by atoms with E-state index in [1.165, 1.54) is 0 Å². The SMILES string of the molecule is CCNC(=NCc1ccnn1C)NCCN(C)CC. The molecule has 0 fully saturated rings. The van der Waals surface area contributed by atoms with Crippen LogP contribution in [0.5, 0.6) is 0 Å². The Labute approximate surface area is 115 Å². The second-order valence-corrected chi connectivity index (χ2v) is 4.46. The minimum Gasteiger partial charge on any atom is -0.357 e. The van der Waals surface area contributed by atoms with Crippen LogP contribution in [0.4, 0.5) is 0 Å². The summed E-state index contributed by atoms with van der Waals surface area (Å²) in [4.78, 5) is 6.82. The fourth-order valence-electron chi connectivity index (χ4n) is 1.58. The van der Waals surface area contributed by atoms with Gasteiger partial charge in [-0.25, -0.2) is 4.99 Å². The van der Waals surface area contributed by atoms with Gasteiger partial charge in [0.1, 0.15) is 0 Å². The van der Waals surface area contributed by atoms with Gasteiger partial charge in [0.2, 0.25) is 0 Å². The molecule has 0 spiro atoms. The van der Waals surface area contributed by atoms with Crippen molar-refractivity contribution in [1.82, 2.24) is 25.3 Å². The summed E-state index contributed by atoms with van der Waals surface area (Å²) in [5.41, 5.74) is 1.10. The van der Waals surface area contributed by atoms with Gasteiger partial charge in [0, 0.05) is 32.9 Å². The first-order valence-electron chi connectivity index (χ1n) is 6.85. The Morgan fingerprint density at radius 1 is 1.42 bits per heavy atom. The number of guanidine groups is 1. The lowest BCUT2D eigenvalue weighted by Crippen LogP contribution is -2.41. The Hall–Kier alpha value is -1.56. The van der Waals surface area contributed by atoms with Gasteiger partial charge in [0.25, 0.3) is 0 Å². The Morgan fingerprint density at radius 2 is 2.21 bits per heavy atom. The maximum absolute atomic E-state index is 4.55. The molecule has 1 heterocycles. The molecule has 0 atom stereocenters. The second kappa shape index (κ2) is 8.53. The van der Waals surface area contributed by atoms with E-state index in [0.717, 1.165) is 37.8 Å². The quantitative estimate of drug-likeness (QED) is 0.555. The fourth-order valence-corrected chi connectivity index (χ4v) is 1.58. The molecule has 1 rings (SSSR count). The van der Waals surface area contributed by atoms with E-state index in [2.05, 4.69) is 46.5 Å². The van der Waals surface area contributed by atoms with Crippen LogP contribution in [0, 0.1) is 0 Å². The highest BCUT2D eigenvalue weighted by Gasteiger charge is 2.00. The minimum atomic E-state index is 0.634. The summed E-state index contributed by atoms with van der Waals surface area (Å²) in [6.45, 7) is 8.68. The monoisotopic (exact) mass is 266 g/mol. The van der Waals surface area contributed by atoms with Crippen molar-refractivity contribution in [3.8, 4) is 0 Å². The van der Waals surface area contributed by atoms with Gasteiger partial charge in [-0.2, -0.15) is 5.10 Å². The van der Waals surface area contributed by atoms with Crippen molar-refractivity contribution in [2.45, 2.75) is 20.4 Å². The number of hydrogen-bond donors (Lipinski definition) is 2. The molecule has 19 heavy (non-hydrogen) atoms. The molecular weight excluding hydrogens is 240 g/mol. The summed E-state index contributed by atoms with van der Waals surface area (Å²) < 4.78 is 1.85. The molecule has 0 bridgehead atoms. The van der Waals surface area contributed by atoms with Crippen molar-refractivity contribution in [3.05, 3.63) is 18.0 Å². The average molecular weight is 266 g/mol. The van der Waals surface area contributed by atoms with Crippen LogP contribution in [0.15, 0.2) is 17.3 Å². The standard InChI is InChI=1S/C13H26N6/c1-5-14-13(15-9-10-18(3)6-2)16-11-12-7-8-17-19(12)4/h7-8H,5-6,9-11H2,1-4H3,(H2,14,15,16). The lowest BCUT2D eigenvalue weighted by atomic mass is 10.4. The molecule has 0 aliphatic heterocycles. The summed E-state index contributed by atoms with van der Waals surface area (Å²) >= 11 is 0. The van der Waals surface area contributed by atoms with Crippen LogP contribution in [-0.4, -0.2) is 53.9 Å². The number of nitrogens with zero attached hydrogens (tertiary/aromatic N) is 4. The number of aromatic nitrogens is 2. The van der Waals surface area contributed by atoms with Gasteiger partial charge in [-0.3, -0.25) is 4.68 Å². The molecule has 0 saturated carbocycles. The van der Waals surface area contributed by atoms with E-state index in [1.54, 1.807) is 6.20 Å². The molecule has 2 N–H and O–H groups in total. The molecule has 0 aliphatic rings. The zero-order valence-electron chi connectivity index (χ0n) is 12.5. The maximum atomic E-state index is 4.55. The van der Waals surface area contributed by atoms with Crippen molar-refractivity contribution in [1.29, 1.82) is 0 Å². The summed E-state index contributed by atoms with van der Waals surface area (Å²) in [5.74, 6) is 0.855. The molecule has 6 heteroatoms. The highest BCUT2D eigenvalue weighted by atomic mass is 15.3. The molecule has 1 aromatic heterocycles. The summed E-state index contributed by atoms with van der Waals surface area (Å²) in [6, 6.07) is 1.98. The highest BCUT2D eigenvalue weighted by Crippen LogP contribution is 1.97. The van der Waals surface area contributed by atoms with Gasteiger partial charge in [-0.1, -0.05) is 6.92 Å². The second-order valence-electron chi connectivity index (χ2n) is 4.46. The van der Waals surface area contributed by atoms with Gasteiger partial charge < -0.3 is 15.5 Å². The predicted octanol–water partition coefficient (Wildman–Crippen LogP) is 0.427. The van der Waals surface area contributed by atoms with E-state index in [0.29, 0.717) is 6.54 Å². The van der Waals surface area contributed by atoms with Crippen LogP contribution in [0.3, 0.4) is 0 Å². The minimum absolute atomic E-state index is 0.634. The number of aryl methyl sites for hydroxylation is 1. The Morgan fingerprint density at radius 3 is 2.79 bits per heavy atom. The van der Waals surface area contributed by atoms with E-state index in [-0.39, 0.29) is 0 Å². The zero-order chi connectivity index (χ0) is 14.1. The number of rotatable bonds is 7. The number of nitrogens with one attached hydrogen (secondary N) is 2. The van der Waals surface area contributed by atoms with E-state index in [4.69, 9.17) is 0 Å². The topological polar surface area (TPSA) is 57.5 Å². The first-order chi connectivity index (χ1) is 9.17. The van der Waals surface area contributed by atoms with E-state index in [9.17, 15) is 0 Å². The van der Waals surface area contributed by atoms with Gasteiger partial charge in [0.05, 0.1) is 12.2 Å². The van der Waals surface area contributed by atoms with Crippen molar-refractivity contribution < 1.29 is 0 Å². The van der Waals surface area contributed by atoms with Crippen molar-refractivity contribution in [2.75, 3.05) is 33.2 Å².